The van der Waals surface area contributed by atoms with E-state index in [0.29, 0.717) is 12.4 Å². The van der Waals surface area contributed by atoms with E-state index in [4.69, 9.17) is 9.15 Å². The van der Waals surface area contributed by atoms with Gasteiger partial charge in [-0.3, -0.25) is 0 Å². The maximum Gasteiger partial charge on any atom is 0.149 e. The lowest BCUT2D eigenvalue weighted by atomic mass is 10.2. The zero-order chi connectivity index (χ0) is 9.97. The highest BCUT2D eigenvalue weighted by Crippen LogP contribution is 2.30. The van der Waals surface area contributed by atoms with Crippen molar-refractivity contribution in [2.75, 3.05) is 18.1 Å². The van der Waals surface area contributed by atoms with Gasteiger partial charge in [-0.05, 0) is 22.0 Å². The summed E-state index contributed by atoms with van der Waals surface area (Å²) < 4.78 is 11.5. The zero-order valence-electron chi connectivity index (χ0n) is 7.48. The van der Waals surface area contributed by atoms with Gasteiger partial charge in [-0.2, -0.15) is 11.8 Å². The van der Waals surface area contributed by atoms with Crippen LogP contribution < -0.4 is 0 Å². The Morgan fingerprint density at radius 3 is 3.07 bits per heavy atom. The van der Waals surface area contributed by atoms with Crippen molar-refractivity contribution >= 4 is 27.7 Å². The molecule has 1 aromatic heterocycles. The van der Waals surface area contributed by atoms with E-state index in [2.05, 4.69) is 15.9 Å². The van der Waals surface area contributed by atoms with Crippen molar-refractivity contribution in [1.82, 2.24) is 0 Å². The second kappa shape index (κ2) is 4.70. The first-order chi connectivity index (χ1) is 6.79. The topological polar surface area (TPSA) is 42.6 Å². The molecule has 0 bridgehead atoms. The van der Waals surface area contributed by atoms with E-state index < -0.39 is 6.10 Å². The maximum absolute atomic E-state index is 9.95. The summed E-state index contributed by atoms with van der Waals surface area (Å²) >= 11 is 5.11. The quantitative estimate of drug-likeness (QED) is 0.901. The number of halogens is 1. The summed E-state index contributed by atoms with van der Waals surface area (Å²) in [6.45, 7) is 0.699. The molecule has 78 valence electrons. The number of thioether (sulfide) groups is 1. The van der Waals surface area contributed by atoms with Crippen molar-refractivity contribution in [3.8, 4) is 0 Å². The molecule has 0 radical (unpaired) electrons. The molecule has 2 atom stereocenters. The summed E-state index contributed by atoms with van der Waals surface area (Å²) in [5, 5.41) is 9.95. The summed E-state index contributed by atoms with van der Waals surface area (Å²) in [7, 11) is 0. The van der Waals surface area contributed by atoms with E-state index in [1.807, 2.05) is 0 Å². The summed E-state index contributed by atoms with van der Waals surface area (Å²) in [6, 6.07) is 1.77. The van der Waals surface area contributed by atoms with E-state index in [-0.39, 0.29) is 6.10 Å². The smallest absolute Gasteiger partial charge is 0.149 e. The Kier molecular flexibility index (Phi) is 3.54. The molecule has 1 fully saturated rings. The minimum Gasteiger partial charge on any atom is -0.465 e. The lowest BCUT2D eigenvalue weighted by molar-refractivity contribution is -0.0321. The fourth-order valence-electron chi connectivity index (χ4n) is 1.37. The van der Waals surface area contributed by atoms with Crippen molar-refractivity contribution in [3.05, 3.63) is 22.6 Å². The average Bonchev–Trinajstić information content (AvgIpc) is 2.65. The van der Waals surface area contributed by atoms with Gasteiger partial charge in [0.05, 0.1) is 23.4 Å². The van der Waals surface area contributed by atoms with Crippen molar-refractivity contribution in [2.45, 2.75) is 12.2 Å². The number of furan rings is 1. The fourth-order valence-corrected chi connectivity index (χ4v) is 2.70. The lowest BCUT2D eigenvalue weighted by Crippen LogP contribution is -2.29. The number of aliphatic hydroxyl groups excluding tert-OH is 1. The van der Waals surface area contributed by atoms with Gasteiger partial charge in [0.2, 0.25) is 0 Å². The number of hydrogen-bond acceptors (Lipinski definition) is 4. The van der Waals surface area contributed by atoms with Crippen LogP contribution in [0.4, 0.5) is 0 Å². The van der Waals surface area contributed by atoms with Crippen LogP contribution in [0.5, 0.6) is 0 Å². The van der Waals surface area contributed by atoms with Crippen LogP contribution in [0.1, 0.15) is 11.9 Å². The minimum atomic E-state index is -0.674. The Morgan fingerprint density at radius 2 is 2.50 bits per heavy atom. The number of ether oxygens (including phenoxy) is 1. The summed E-state index contributed by atoms with van der Waals surface area (Å²) in [5.41, 5.74) is 0. The number of aliphatic hydroxyl groups is 1. The van der Waals surface area contributed by atoms with E-state index in [1.165, 1.54) is 0 Å². The standard InChI is InChI=1S/C9H11BrO3S/c10-6-1-2-13-9(6)8(11)7-5-14-4-3-12-7/h1-2,7-8,11H,3-5H2. The third kappa shape index (κ3) is 2.16. The summed E-state index contributed by atoms with van der Waals surface area (Å²) in [5.74, 6) is 2.37. The largest absolute Gasteiger partial charge is 0.465 e. The van der Waals surface area contributed by atoms with Crippen molar-refractivity contribution in [2.24, 2.45) is 0 Å². The molecule has 5 heteroatoms. The highest BCUT2D eigenvalue weighted by Gasteiger charge is 2.27. The average molecular weight is 279 g/mol. The first-order valence-corrected chi connectivity index (χ1v) is 6.34. The highest BCUT2D eigenvalue weighted by atomic mass is 79.9. The van der Waals surface area contributed by atoms with E-state index in [9.17, 15) is 5.11 Å². The molecule has 0 spiro atoms. The van der Waals surface area contributed by atoms with Crippen LogP contribution in [0.15, 0.2) is 21.2 Å². The molecule has 2 unspecified atom stereocenters. The third-order valence-electron chi connectivity index (χ3n) is 2.11. The van der Waals surface area contributed by atoms with Gasteiger partial charge in [-0.25, -0.2) is 0 Å². The Bertz CT molecular complexity index is 296. The van der Waals surface area contributed by atoms with Crippen LogP contribution in [0, 0.1) is 0 Å². The Balaban J connectivity index is 2.07. The second-order valence-corrected chi connectivity index (χ2v) is 5.07. The van der Waals surface area contributed by atoms with Gasteiger partial charge < -0.3 is 14.3 Å². The third-order valence-corrected chi connectivity index (χ3v) is 3.78. The molecule has 1 aliphatic heterocycles. The van der Waals surface area contributed by atoms with E-state index in [0.717, 1.165) is 16.0 Å². The van der Waals surface area contributed by atoms with Gasteiger partial charge in [-0.15, -0.1) is 0 Å². The zero-order valence-corrected chi connectivity index (χ0v) is 9.88. The predicted molar refractivity (Wildman–Crippen MR) is 58.4 cm³/mol. The van der Waals surface area contributed by atoms with Crippen LogP contribution in [-0.2, 0) is 4.74 Å². The molecule has 2 rings (SSSR count). The molecular weight excluding hydrogens is 268 g/mol. The van der Waals surface area contributed by atoms with Crippen molar-refractivity contribution in [3.63, 3.8) is 0 Å². The molecule has 1 aromatic rings. The van der Waals surface area contributed by atoms with Crippen LogP contribution >= 0.6 is 27.7 Å². The molecule has 0 saturated carbocycles. The first kappa shape index (κ1) is 10.5. The maximum atomic E-state index is 9.95. The molecule has 1 saturated heterocycles. The molecule has 1 N–H and O–H groups in total. The summed E-state index contributed by atoms with van der Waals surface area (Å²) in [4.78, 5) is 0. The number of hydrogen-bond donors (Lipinski definition) is 1. The molecule has 2 heterocycles. The Morgan fingerprint density at radius 1 is 1.64 bits per heavy atom. The molecule has 14 heavy (non-hydrogen) atoms. The highest BCUT2D eigenvalue weighted by molar-refractivity contribution is 9.10. The molecule has 0 aromatic carbocycles. The molecule has 1 aliphatic rings. The lowest BCUT2D eigenvalue weighted by Gasteiger charge is -2.25. The van der Waals surface area contributed by atoms with Crippen LogP contribution in [0.3, 0.4) is 0 Å². The van der Waals surface area contributed by atoms with Crippen LogP contribution in [0.2, 0.25) is 0 Å². The first-order valence-electron chi connectivity index (χ1n) is 4.39. The van der Waals surface area contributed by atoms with Crippen LogP contribution in [-0.4, -0.2) is 29.3 Å². The monoisotopic (exact) mass is 278 g/mol. The van der Waals surface area contributed by atoms with E-state index >= 15 is 0 Å². The molecular formula is C9H11BrO3S. The van der Waals surface area contributed by atoms with Gasteiger partial charge in [0.25, 0.3) is 0 Å². The normalized spacial score (nSPS) is 24.9. The van der Waals surface area contributed by atoms with E-state index in [1.54, 1.807) is 24.1 Å². The number of rotatable bonds is 2. The molecule has 0 aliphatic carbocycles. The van der Waals surface area contributed by atoms with Crippen molar-refractivity contribution in [1.29, 1.82) is 0 Å². The van der Waals surface area contributed by atoms with Gasteiger partial charge in [0, 0.05) is 11.5 Å². The van der Waals surface area contributed by atoms with Gasteiger partial charge >= 0.3 is 0 Å². The van der Waals surface area contributed by atoms with Gasteiger partial charge in [-0.1, -0.05) is 0 Å². The second-order valence-electron chi connectivity index (χ2n) is 3.06. The molecule has 3 nitrogen and oxygen atoms in total. The van der Waals surface area contributed by atoms with Gasteiger partial charge in [0.15, 0.2) is 0 Å². The predicted octanol–water partition coefficient (Wildman–Crippen LogP) is 2.21. The minimum absolute atomic E-state index is 0.156. The fraction of sp³-hybridized carbons (Fsp3) is 0.556. The Hall–Kier alpha value is 0.0300. The SMILES string of the molecule is OC(c1occc1Br)C1CSCCO1. The van der Waals surface area contributed by atoms with Crippen LogP contribution in [0.25, 0.3) is 0 Å². The van der Waals surface area contributed by atoms with Gasteiger partial charge in [0.1, 0.15) is 11.9 Å². The Labute approximate surface area is 94.9 Å². The molecule has 0 amide bonds. The van der Waals surface area contributed by atoms with Crippen molar-refractivity contribution < 1.29 is 14.3 Å². The summed E-state index contributed by atoms with van der Waals surface area (Å²) in [6.07, 6.45) is 0.724.